The predicted molar refractivity (Wildman–Crippen MR) is 81.4 cm³/mol. The summed E-state index contributed by atoms with van der Waals surface area (Å²) in [7, 11) is 2.14. The largest absolute Gasteiger partial charge is 0.465 e. The van der Waals surface area contributed by atoms with Crippen molar-refractivity contribution in [1.29, 1.82) is 0 Å². The Bertz CT molecular complexity index is 335. The Kier molecular flexibility index (Phi) is 7.84. The fourth-order valence-corrected chi connectivity index (χ4v) is 2.22. The molecule has 110 valence electrons. The summed E-state index contributed by atoms with van der Waals surface area (Å²) in [4.78, 5) is 2.30. The number of furan rings is 1. The van der Waals surface area contributed by atoms with Crippen molar-refractivity contribution < 1.29 is 4.42 Å². The van der Waals surface area contributed by atoms with Gasteiger partial charge in [0.1, 0.15) is 11.5 Å². The third kappa shape index (κ3) is 7.38. The molecule has 0 saturated carbocycles. The zero-order chi connectivity index (χ0) is 14.1. The molecule has 0 aliphatic rings. The molecule has 0 saturated heterocycles. The van der Waals surface area contributed by atoms with Crippen LogP contribution in [-0.2, 0) is 6.54 Å². The van der Waals surface area contributed by atoms with Gasteiger partial charge in [0, 0.05) is 19.1 Å². The summed E-state index contributed by atoms with van der Waals surface area (Å²) in [6.45, 7) is 9.51. The van der Waals surface area contributed by atoms with E-state index < -0.39 is 0 Å². The Morgan fingerprint density at radius 2 is 2.11 bits per heavy atom. The van der Waals surface area contributed by atoms with Gasteiger partial charge in [0.25, 0.3) is 0 Å². The normalized spacial score (nSPS) is 13.1. The summed E-state index contributed by atoms with van der Waals surface area (Å²) in [5.74, 6) is 2.04. The molecule has 0 amide bonds. The Balaban J connectivity index is 2.08. The standard InChI is InChI=1S/C16H30N2O/c1-5-6-7-8-14(2)17-11-12-18(4)13-16-10-9-15(3)19-16/h9-10,14,17H,5-8,11-13H2,1-4H3. The fourth-order valence-electron chi connectivity index (χ4n) is 2.22. The van der Waals surface area contributed by atoms with Crippen molar-refractivity contribution in [2.24, 2.45) is 0 Å². The van der Waals surface area contributed by atoms with E-state index in [1.165, 1.54) is 25.7 Å². The van der Waals surface area contributed by atoms with Crippen LogP contribution >= 0.6 is 0 Å². The second-order valence-electron chi connectivity index (χ2n) is 5.60. The van der Waals surface area contributed by atoms with Crippen molar-refractivity contribution in [3.05, 3.63) is 23.7 Å². The van der Waals surface area contributed by atoms with Crippen LogP contribution in [0.4, 0.5) is 0 Å². The maximum Gasteiger partial charge on any atom is 0.118 e. The molecule has 1 rings (SSSR count). The highest BCUT2D eigenvalue weighted by Crippen LogP contribution is 2.08. The van der Waals surface area contributed by atoms with Crippen LogP contribution in [0.5, 0.6) is 0 Å². The van der Waals surface area contributed by atoms with E-state index in [0.29, 0.717) is 6.04 Å². The molecule has 1 atom stereocenters. The molecule has 0 aliphatic heterocycles. The van der Waals surface area contributed by atoms with Gasteiger partial charge in [-0.3, -0.25) is 4.90 Å². The Hall–Kier alpha value is -0.800. The van der Waals surface area contributed by atoms with Gasteiger partial charge >= 0.3 is 0 Å². The third-order valence-electron chi connectivity index (χ3n) is 3.45. The summed E-state index contributed by atoms with van der Waals surface area (Å²) in [5, 5.41) is 3.59. The topological polar surface area (TPSA) is 28.4 Å². The number of likely N-dealkylation sites (N-methyl/N-ethyl adjacent to an activating group) is 1. The highest BCUT2D eigenvalue weighted by Gasteiger charge is 2.05. The van der Waals surface area contributed by atoms with Gasteiger partial charge in [0.05, 0.1) is 6.54 Å². The highest BCUT2D eigenvalue weighted by molar-refractivity contribution is 5.05. The molecule has 19 heavy (non-hydrogen) atoms. The van der Waals surface area contributed by atoms with E-state index in [0.717, 1.165) is 31.2 Å². The first-order valence-corrected chi connectivity index (χ1v) is 7.59. The minimum absolute atomic E-state index is 0.630. The number of hydrogen-bond donors (Lipinski definition) is 1. The average Bonchev–Trinajstić information content (AvgIpc) is 2.75. The Morgan fingerprint density at radius 3 is 2.74 bits per heavy atom. The van der Waals surface area contributed by atoms with E-state index in [1.54, 1.807) is 0 Å². The van der Waals surface area contributed by atoms with Crippen LogP contribution in [0, 0.1) is 6.92 Å². The zero-order valence-electron chi connectivity index (χ0n) is 13.0. The first-order valence-electron chi connectivity index (χ1n) is 7.59. The molecule has 0 fully saturated rings. The van der Waals surface area contributed by atoms with Crippen molar-refractivity contribution in [3.63, 3.8) is 0 Å². The van der Waals surface area contributed by atoms with E-state index in [-0.39, 0.29) is 0 Å². The molecule has 1 heterocycles. The van der Waals surface area contributed by atoms with Crippen LogP contribution in [0.1, 0.15) is 51.1 Å². The van der Waals surface area contributed by atoms with Gasteiger partial charge < -0.3 is 9.73 Å². The molecule has 1 N–H and O–H groups in total. The van der Waals surface area contributed by atoms with Crippen molar-refractivity contribution >= 4 is 0 Å². The number of unbranched alkanes of at least 4 members (excludes halogenated alkanes) is 2. The third-order valence-corrected chi connectivity index (χ3v) is 3.45. The first-order chi connectivity index (χ1) is 9.11. The van der Waals surface area contributed by atoms with Crippen molar-refractivity contribution in [2.45, 2.75) is 59.0 Å². The molecular weight excluding hydrogens is 236 g/mol. The fraction of sp³-hybridized carbons (Fsp3) is 0.750. The molecule has 0 radical (unpaired) electrons. The van der Waals surface area contributed by atoms with E-state index in [1.807, 2.05) is 13.0 Å². The predicted octanol–water partition coefficient (Wildman–Crippen LogP) is 3.58. The van der Waals surface area contributed by atoms with Gasteiger partial charge in [-0.25, -0.2) is 0 Å². The van der Waals surface area contributed by atoms with Gasteiger partial charge in [-0.05, 0) is 39.4 Å². The molecule has 1 aromatic rings. The van der Waals surface area contributed by atoms with Crippen LogP contribution in [0.25, 0.3) is 0 Å². The number of hydrogen-bond acceptors (Lipinski definition) is 3. The molecule has 0 spiro atoms. The van der Waals surface area contributed by atoms with Gasteiger partial charge in [0.2, 0.25) is 0 Å². The lowest BCUT2D eigenvalue weighted by atomic mass is 10.1. The lowest BCUT2D eigenvalue weighted by Crippen LogP contribution is -2.34. The van der Waals surface area contributed by atoms with E-state index >= 15 is 0 Å². The van der Waals surface area contributed by atoms with Crippen LogP contribution < -0.4 is 5.32 Å². The van der Waals surface area contributed by atoms with Gasteiger partial charge in [-0.2, -0.15) is 0 Å². The molecule has 0 aromatic carbocycles. The minimum Gasteiger partial charge on any atom is -0.465 e. The summed E-state index contributed by atoms with van der Waals surface area (Å²) < 4.78 is 5.58. The Labute approximate surface area is 118 Å². The molecule has 1 aromatic heterocycles. The van der Waals surface area contributed by atoms with Crippen molar-refractivity contribution in [1.82, 2.24) is 10.2 Å². The summed E-state index contributed by atoms with van der Waals surface area (Å²) >= 11 is 0. The van der Waals surface area contributed by atoms with Crippen LogP contribution in [0.3, 0.4) is 0 Å². The second kappa shape index (κ2) is 9.16. The van der Waals surface area contributed by atoms with E-state index in [4.69, 9.17) is 4.42 Å². The van der Waals surface area contributed by atoms with Crippen molar-refractivity contribution in [3.8, 4) is 0 Å². The lowest BCUT2D eigenvalue weighted by molar-refractivity contribution is 0.286. The van der Waals surface area contributed by atoms with E-state index in [9.17, 15) is 0 Å². The number of aryl methyl sites for hydroxylation is 1. The van der Waals surface area contributed by atoms with Crippen molar-refractivity contribution in [2.75, 3.05) is 20.1 Å². The monoisotopic (exact) mass is 266 g/mol. The molecule has 0 bridgehead atoms. The number of nitrogens with one attached hydrogen (secondary N) is 1. The quantitative estimate of drug-likeness (QED) is 0.656. The van der Waals surface area contributed by atoms with Crippen LogP contribution in [-0.4, -0.2) is 31.1 Å². The number of rotatable bonds is 10. The number of nitrogens with zero attached hydrogens (tertiary/aromatic N) is 1. The second-order valence-corrected chi connectivity index (χ2v) is 5.60. The average molecular weight is 266 g/mol. The molecule has 0 aliphatic carbocycles. The van der Waals surface area contributed by atoms with Crippen LogP contribution in [0.2, 0.25) is 0 Å². The van der Waals surface area contributed by atoms with Gasteiger partial charge in [-0.1, -0.05) is 26.2 Å². The maximum atomic E-state index is 5.58. The zero-order valence-corrected chi connectivity index (χ0v) is 13.0. The highest BCUT2D eigenvalue weighted by atomic mass is 16.3. The first kappa shape index (κ1) is 16.3. The summed E-state index contributed by atoms with van der Waals surface area (Å²) in [5.41, 5.74) is 0. The maximum absolute atomic E-state index is 5.58. The Morgan fingerprint density at radius 1 is 1.32 bits per heavy atom. The summed E-state index contributed by atoms with van der Waals surface area (Å²) in [6, 6.07) is 4.72. The summed E-state index contributed by atoms with van der Waals surface area (Å²) in [6.07, 6.45) is 5.28. The lowest BCUT2D eigenvalue weighted by Gasteiger charge is -2.18. The molecule has 3 nitrogen and oxygen atoms in total. The van der Waals surface area contributed by atoms with Gasteiger partial charge in [-0.15, -0.1) is 0 Å². The minimum atomic E-state index is 0.630. The van der Waals surface area contributed by atoms with E-state index in [2.05, 4.69) is 37.2 Å². The molecule has 3 heteroatoms. The smallest absolute Gasteiger partial charge is 0.118 e. The molecule has 1 unspecified atom stereocenters. The molecular formula is C16H30N2O. The van der Waals surface area contributed by atoms with Gasteiger partial charge in [0.15, 0.2) is 0 Å². The SMILES string of the molecule is CCCCCC(C)NCCN(C)Cc1ccc(C)o1. The van der Waals surface area contributed by atoms with Crippen LogP contribution in [0.15, 0.2) is 16.5 Å².